The molecule has 5 heteroatoms. The standard InChI is InChI=1S/C23H20FN3O/c1-27(15-21-25-20-10-6-5-9-19(20)23(28)26-21)22(16-7-3-2-4-8-16)17-11-13-18(24)14-12-17/h2-14,22H,15H2,1H3,(H,25,26,28). The quantitative estimate of drug-likeness (QED) is 0.568. The number of halogens is 1. The Morgan fingerprint density at radius 2 is 1.57 bits per heavy atom. The second-order valence-electron chi connectivity index (χ2n) is 6.81. The van der Waals surface area contributed by atoms with Gasteiger partial charge in [0.05, 0.1) is 23.5 Å². The maximum absolute atomic E-state index is 13.4. The zero-order valence-electron chi connectivity index (χ0n) is 15.5. The Balaban J connectivity index is 1.71. The second kappa shape index (κ2) is 7.74. The number of para-hydroxylation sites is 1. The first-order chi connectivity index (χ1) is 13.6. The first-order valence-electron chi connectivity index (χ1n) is 9.10. The van der Waals surface area contributed by atoms with Crippen LogP contribution in [0.3, 0.4) is 0 Å². The molecule has 4 nitrogen and oxygen atoms in total. The zero-order valence-corrected chi connectivity index (χ0v) is 15.5. The third-order valence-electron chi connectivity index (χ3n) is 4.80. The summed E-state index contributed by atoms with van der Waals surface area (Å²) in [5.41, 5.74) is 2.58. The van der Waals surface area contributed by atoms with Crippen molar-refractivity contribution in [2.75, 3.05) is 7.05 Å². The van der Waals surface area contributed by atoms with Crippen LogP contribution in [0.2, 0.25) is 0 Å². The van der Waals surface area contributed by atoms with Gasteiger partial charge in [0.25, 0.3) is 5.56 Å². The van der Waals surface area contributed by atoms with E-state index in [-0.39, 0.29) is 17.4 Å². The fourth-order valence-electron chi connectivity index (χ4n) is 3.52. The molecule has 4 aromatic rings. The lowest BCUT2D eigenvalue weighted by Gasteiger charge is -2.28. The summed E-state index contributed by atoms with van der Waals surface area (Å²) in [5.74, 6) is 0.327. The number of aromatic nitrogens is 2. The van der Waals surface area contributed by atoms with E-state index < -0.39 is 0 Å². The number of fused-ring (bicyclic) bond motifs is 1. The summed E-state index contributed by atoms with van der Waals surface area (Å²) >= 11 is 0. The molecule has 1 heterocycles. The summed E-state index contributed by atoms with van der Waals surface area (Å²) < 4.78 is 13.4. The Labute approximate surface area is 162 Å². The summed E-state index contributed by atoms with van der Waals surface area (Å²) in [6, 6.07) is 23.7. The number of hydrogen-bond acceptors (Lipinski definition) is 3. The van der Waals surface area contributed by atoms with E-state index in [2.05, 4.69) is 14.9 Å². The highest BCUT2D eigenvalue weighted by atomic mass is 19.1. The minimum absolute atomic E-state index is 0.0985. The van der Waals surface area contributed by atoms with Crippen LogP contribution >= 0.6 is 0 Å². The van der Waals surface area contributed by atoms with E-state index in [1.54, 1.807) is 18.2 Å². The smallest absolute Gasteiger partial charge is 0.258 e. The van der Waals surface area contributed by atoms with E-state index >= 15 is 0 Å². The number of nitrogens with one attached hydrogen (secondary N) is 1. The molecule has 140 valence electrons. The number of benzene rings is 3. The van der Waals surface area contributed by atoms with Crippen LogP contribution in [0.25, 0.3) is 10.9 Å². The molecule has 0 aliphatic carbocycles. The Morgan fingerprint density at radius 3 is 2.32 bits per heavy atom. The predicted molar refractivity (Wildman–Crippen MR) is 109 cm³/mol. The summed E-state index contributed by atoms with van der Waals surface area (Å²) in [7, 11) is 1.97. The van der Waals surface area contributed by atoms with E-state index in [9.17, 15) is 9.18 Å². The summed E-state index contributed by atoms with van der Waals surface area (Å²) in [4.78, 5) is 21.9. The fraction of sp³-hybridized carbons (Fsp3) is 0.130. The number of H-pyrrole nitrogens is 1. The van der Waals surface area contributed by atoms with Gasteiger partial charge in [-0.1, -0.05) is 54.6 Å². The van der Waals surface area contributed by atoms with Crippen molar-refractivity contribution in [3.63, 3.8) is 0 Å². The SMILES string of the molecule is CN(Cc1nc2ccccc2c(=O)[nH]1)C(c1ccccc1)c1ccc(F)cc1. The lowest BCUT2D eigenvalue weighted by Crippen LogP contribution is -2.27. The Morgan fingerprint density at radius 1 is 0.929 bits per heavy atom. The third-order valence-corrected chi connectivity index (χ3v) is 4.80. The van der Waals surface area contributed by atoms with E-state index in [0.717, 1.165) is 11.1 Å². The van der Waals surface area contributed by atoms with Crippen LogP contribution in [0.4, 0.5) is 4.39 Å². The first-order valence-corrected chi connectivity index (χ1v) is 9.10. The Kier molecular flexibility index (Phi) is 5.00. The van der Waals surface area contributed by atoms with Crippen molar-refractivity contribution >= 4 is 10.9 Å². The van der Waals surface area contributed by atoms with Gasteiger partial charge in [-0.3, -0.25) is 9.69 Å². The van der Waals surface area contributed by atoms with E-state index in [4.69, 9.17) is 0 Å². The van der Waals surface area contributed by atoms with Crippen LogP contribution in [-0.4, -0.2) is 21.9 Å². The molecule has 0 amide bonds. The van der Waals surface area contributed by atoms with Gasteiger partial charge in [0.15, 0.2) is 0 Å². The van der Waals surface area contributed by atoms with Gasteiger partial charge >= 0.3 is 0 Å². The summed E-state index contributed by atoms with van der Waals surface area (Å²) in [6.45, 7) is 0.441. The largest absolute Gasteiger partial charge is 0.309 e. The van der Waals surface area contributed by atoms with Gasteiger partial charge in [-0.25, -0.2) is 9.37 Å². The van der Waals surface area contributed by atoms with Crippen LogP contribution < -0.4 is 5.56 Å². The zero-order chi connectivity index (χ0) is 19.5. The molecule has 1 aromatic heterocycles. The minimum atomic E-state index is -0.265. The topological polar surface area (TPSA) is 49.0 Å². The van der Waals surface area contributed by atoms with Gasteiger partial charge in [0, 0.05) is 0 Å². The highest BCUT2D eigenvalue weighted by Gasteiger charge is 2.20. The monoisotopic (exact) mass is 373 g/mol. The molecule has 0 aliphatic heterocycles. The molecule has 0 bridgehead atoms. The maximum Gasteiger partial charge on any atom is 0.258 e. The van der Waals surface area contributed by atoms with Crippen LogP contribution in [-0.2, 0) is 6.54 Å². The number of hydrogen-bond donors (Lipinski definition) is 1. The van der Waals surface area contributed by atoms with Gasteiger partial charge in [-0.05, 0) is 42.4 Å². The first kappa shape index (κ1) is 18.1. The molecule has 0 saturated carbocycles. The highest BCUT2D eigenvalue weighted by Crippen LogP contribution is 2.28. The molecule has 0 radical (unpaired) electrons. The van der Waals surface area contributed by atoms with E-state index in [1.807, 2.05) is 55.6 Å². The third kappa shape index (κ3) is 3.70. The molecule has 0 saturated heterocycles. The molecule has 3 aromatic carbocycles. The maximum atomic E-state index is 13.4. The van der Waals surface area contributed by atoms with Crippen LogP contribution in [0.1, 0.15) is 23.0 Å². The van der Waals surface area contributed by atoms with Crippen molar-refractivity contribution < 1.29 is 4.39 Å². The van der Waals surface area contributed by atoms with Crippen LogP contribution in [0.5, 0.6) is 0 Å². The Bertz CT molecular complexity index is 1140. The molecule has 0 aliphatic rings. The lowest BCUT2D eigenvalue weighted by molar-refractivity contribution is 0.263. The van der Waals surface area contributed by atoms with Gasteiger partial charge in [-0.15, -0.1) is 0 Å². The number of rotatable bonds is 5. The molecule has 1 N–H and O–H groups in total. The van der Waals surface area contributed by atoms with Gasteiger partial charge in [0.2, 0.25) is 0 Å². The summed E-state index contributed by atoms with van der Waals surface area (Å²) in [6.07, 6.45) is 0. The number of nitrogens with zero attached hydrogens (tertiary/aromatic N) is 2. The lowest BCUT2D eigenvalue weighted by atomic mass is 9.97. The van der Waals surface area contributed by atoms with Crippen molar-refractivity contribution in [3.8, 4) is 0 Å². The van der Waals surface area contributed by atoms with E-state index in [0.29, 0.717) is 23.3 Å². The highest BCUT2D eigenvalue weighted by molar-refractivity contribution is 5.77. The van der Waals surface area contributed by atoms with Crippen molar-refractivity contribution in [1.82, 2.24) is 14.9 Å². The van der Waals surface area contributed by atoms with E-state index in [1.165, 1.54) is 12.1 Å². The molecular formula is C23H20FN3O. The fourth-order valence-corrected chi connectivity index (χ4v) is 3.52. The molecule has 4 rings (SSSR count). The molecule has 1 unspecified atom stereocenters. The van der Waals surface area contributed by atoms with Crippen molar-refractivity contribution in [3.05, 3.63) is 112 Å². The number of aromatic amines is 1. The average molecular weight is 373 g/mol. The average Bonchev–Trinajstić information content (AvgIpc) is 2.70. The molecule has 28 heavy (non-hydrogen) atoms. The van der Waals surface area contributed by atoms with Crippen LogP contribution in [0, 0.1) is 5.82 Å². The molecule has 1 atom stereocenters. The predicted octanol–water partition coefficient (Wildman–Crippen LogP) is 4.28. The van der Waals surface area contributed by atoms with Gasteiger partial charge in [-0.2, -0.15) is 0 Å². The second-order valence-corrected chi connectivity index (χ2v) is 6.81. The van der Waals surface area contributed by atoms with Crippen LogP contribution in [0.15, 0.2) is 83.7 Å². The Hall–Kier alpha value is -3.31. The minimum Gasteiger partial charge on any atom is -0.309 e. The molecule has 0 fully saturated rings. The van der Waals surface area contributed by atoms with Crippen molar-refractivity contribution in [1.29, 1.82) is 0 Å². The summed E-state index contributed by atoms with van der Waals surface area (Å²) in [5, 5.41) is 0.576. The van der Waals surface area contributed by atoms with Gasteiger partial charge in [0.1, 0.15) is 11.6 Å². The molecule has 0 spiro atoms. The van der Waals surface area contributed by atoms with Crippen molar-refractivity contribution in [2.24, 2.45) is 0 Å². The van der Waals surface area contributed by atoms with Crippen molar-refractivity contribution in [2.45, 2.75) is 12.6 Å². The van der Waals surface area contributed by atoms with Gasteiger partial charge < -0.3 is 4.98 Å². The molecular weight excluding hydrogens is 353 g/mol. The normalized spacial score (nSPS) is 12.4.